The molecule has 1 N–H and O–H groups in total. The minimum absolute atomic E-state index is 0.230. The number of aromatic carboxylic acids is 1. The minimum atomic E-state index is -0.909. The van der Waals surface area contributed by atoms with Crippen molar-refractivity contribution in [3.63, 3.8) is 0 Å². The van der Waals surface area contributed by atoms with Crippen molar-refractivity contribution in [3.8, 4) is 16.9 Å². The molecule has 0 unspecified atom stereocenters. The molecule has 0 saturated carbocycles. The Morgan fingerprint density at radius 3 is 2.28 bits per heavy atom. The number of carbonyl (C=O) groups is 1. The fourth-order valence-electron chi connectivity index (χ4n) is 4.01. The van der Waals surface area contributed by atoms with Gasteiger partial charge in [-0.2, -0.15) is 0 Å². The summed E-state index contributed by atoms with van der Waals surface area (Å²) in [6, 6.07) is 22.1. The van der Waals surface area contributed by atoms with Crippen LogP contribution < -0.4 is 4.74 Å². The predicted octanol–water partition coefficient (Wildman–Crippen LogP) is 5.94. The molecule has 0 spiro atoms. The molecule has 3 heteroatoms. The van der Waals surface area contributed by atoms with E-state index in [4.69, 9.17) is 9.84 Å². The molecule has 3 aromatic carbocycles. The summed E-state index contributed by atoms with van der Waals surface area (Å²) in [6.07, 6.45) is 3.92. The number of carboxylic acids is 1. The van der Waals surface area contributed by atoms with Gasteiger partial charge in [0.15, 0.2) is 0 Å². The van der Waals surface area contributed by atoms with Crippen molar-refractivity contribution in [3.05, 3.63) is 89.0 Å². The number of hydrogen-bond donors (Lipinski definition) is 1. The summed E-state index contributed by atoms with van der Waals surface area (Å²) in [7, 11) is 0. The van der Waals surface area contributed by atoms with E-state index in [1.165, 1.54) is 16.7 Å². The van der Waals surface area contributed by atoms with Crippen molar-refractivity contribution in [1.82, 2.24) is 0 Å². The van der Waals surface area contributed by atoms with Crippen molar-refractivity contribution in [2.75, 3.05) is 0 Å². The smallest absolute Gasteiger partial charge is 0.335 e. The van der Waals surface area contributed by atoms with Gasteiger partial charge < -0.3 is 9.84 Å². The maximum absolute atomic E-state index is 11.1. The van der Waals surface area contributed by atoms with E-state index in [-0.39, 0.29) is 5.60 Å². The minimum Gasteiger partial charge on any atom is -0.487 e. The molecule has 148 valence electrons. The van der Waals surface area contributed by atoms with Crippen LogP contribution in [0.5, 0.6) is 5.75 Å². The first-order chi connectivity index (χ1) is 14.0. The summed E-state index contributed by atoms with van der Waals surface area (Å²) in [4.78, 5) is 11.1. The molecule has 0 aliphatic carbocycles. The van der Waals surface area contributed by atoms with Gasteiger partial charge in [-0.05, 0) is 72.2 Å². The van der Waals surface area contributed by atoms with Crippen molar-refractivity contribution in [1.29, 1.82) is 0 Å². The Morgan fingerprint density at radius 1 is 0.966 bits per heavy atom. The zero-order valence-corrected chi connectivity index (χ0v) is 16.9. The van der Waals surface area contributed by atoms with E-state index in [2.05, 4.69) is 56.3 Å². The molecule has 1 aliphatic heterocycles. The largest absolute Gasteiger partial charge is 0.487 e. The van der Waals surface area contributed by atoms with Crippen molar-refractivity contribution >= 4 is 5.97 Å². The second-order valence-electron chi connectivity index (χ2n) is 8.10. The molecular formula is C26H26O3. The highest BCUT2D eigenvalue weighted by molar-refractivity contribution is 5.88. The van der Waals surface area contributed by atoms with Gasteiger partial charge in [0.2, 0.25) is 0 Å². The number of fused-ring (bicyclic) bond motifs is 1. The first kappa shape index (κ1) is 19.3. The zero-order chi connectivity index (χ0) is 20.4. The molecule has 3 nitrogen and oxygen atoms in total. The van der Waals surface area contributed by atoms with Gasteiger partial charge in [-0.25, -0.2) is 4.79 Å². The van der Waals surface area contributed by atoms with E-state index in [0.29, 0.717) is 5.56 Å². The van der Waals surface area contributed by atoms with Gasteiger partial charge in [-0.1, -0.05) is 55.5 Å². The maximum Gasteiger partial charge on any atom is 0.335 e. The molecule has 4 rings (SSSR count). The van der Waals surface area contributed by atoms with E-state index in [0.717, 1.165) is 42.6 Å². The number of benzene rings is 3. The molecule has 1 atom stereocenters. The Kier molecular flexibility index (Phi) is 5.14. The highest BCUT2D eigenvalue weighted by Crippen LogP contribution is 2.37. The molecule has 0 amide bonds. The number of ether oxygens (including phenoxy) is 1. The zero-order valence-electron chi connectivity index (χ0n) is 16.9. The first-order valence-electron chi connectivity index (χ1n) is 10.2. The Balaban J connectivity index is 1.56. The quantitative estimate of drug-likeness (QED) is 0.590. The molecule has 1 aliphatic rings. The lowest BCUT2D eigenvalue weighted by Crippen LogP contribution is -2.38. The molecule has 29 heavy (non-hydrogen) atoms. The monoisotopic (exact) mass is 386 g/mol. The molecule has 0 radical (unpaired) electrons. The summed E-state index contributed by atoms with van der Waals surface area (Å²) < 4.78 is 6.51. The molecule has 0 aromatic heterocycles. The topological polar surface area (TPSA) is 46.5 Å². The van der Waals surface area contributed by atoms with Crippen LogP contribution in [0.1, 0.15) is 47.3 Å². The summed E-state index contributed by atoms with van der Waals surface area (Å²) >= 11 is 0. The molecule has 0 bridgehead atoms. The lowest BCUT2D eigenvalue weighted by molar-refractivity contribution is 0.0654. The second-order valence-corrected chi connectivity index (χ2v) is 8.10. The highest BCUT2D eigenvalue weighted by atomic mass is 16.5. The molecule has 0 fully saturated rings. The van der Waals surface area contributed by atoms with Crippen LogP contribution in [0.25, 0.3) is 11.1 Å². The van der Waals surface area contributed by atoms with Gasteiger partial charge in [0.25, 0.3) is 0 Å². The van der Waals surface area contributed by atoms with Crippen LogP contribution in [0.15, 0.2) is 66.7 Å². The van der Waals surface area contributed by atoms with Gasteiger partial charge in [-0.15, -0.1) is 0 Å². The molecule has 0 saturated heterocycles. The van der Waals surface area contributed by atoms with E-state index < -0.39 is 5.97 Å². The third-order valence-electron chi connectivity index (χ3n) is 5.82. The number of aryl methyl sites for hydroxylation is 2. The summed E-state index contributed by atoms with van der Waals surface area (Å²) in [5, 5.41) is 9.09. The van der Waals surface area contributed by atoms with Crippen LogP contribution in [0.2, 0.25) is 0 Å². The summed E-state index contributed by atoms with van der Waals surface area (Å²) in [6.45, 7) is 4.36. The SMILES string of the molecule is CCc1ccc(C[C@@]2(C)CCc3ccc(-c4ccc(C(=O)O)cc4)cc3O2)cc1. The Hall–Kier alpha value is -3.07. The number of hydrogen-bond acceptors (Lipinski definition) is 2. The lowest BCUT2D eigenvalue weighted by atomic mass is 9.86. The third kappa shape index (κ3) is 4.19. The van der Waals surface area contributed by atoms with Gasteiger partial charge in [0, 0.05) is 6.42 Å². The Morgan fingerprint density at radius 2 is 1.62 bits per heavy atom. The average molecular weight is 386 g/mol. The van der Waals surface area contributed by atoms with Gasteiger partial charge in [0.05, 0.1) is 5.56 Å². The molecular weight excluding hydrogens is 360 g/mol. The van der Waals surface area contributed by atoms with E-state index in [1.54, 1.807) is 12.1 Å². The van der Waals surface area contributed by atoms with Gasteiger partial charge in [-0.3, -0.25) is 0 Å². The van der Waals surface area contributed by atoms with E-state index in [1.807, 2.05) is 12.1 Å². The predicted molar refractivity (Wildman–Crippen MR) is 116 cm³/mol. The first-order valence-corrected chi connectivity index (χ1v) is 10.2. The fourth-order valence-corrected chi connectivity index (χ4v) is 4.01. The molecule has 1 heterocycles. The average Bonchev–Trinajstić information content (AvgIpc) is 2.73. The summed E-state index contributed by atoms with van der Waals surface area (Å²) in [5.41, 5.74) is 5.98. The van der Waals surface area contributed by atoms with Crippen molar-refractivity contribution in [2.45, 2.75) is 45.1 Å². The van der Waals surface area contributed by atoms with Crippen LogP contribution in [0.4, 0.5) is 0 Å². The normalized spacial score (nSPS) is 18.0. The highest BCUT2D eigenvalue weighted by Gasteiger charge is 2.32. The third-order valence-corrected chi connectivity index (χ3v) is 5.82. The Labute approximate surface area is 172 Å². The van der Waals surface area contributed by atoms with Crippen LogP contribution in [-0.4, -0.2) is 16.7 Å². The second kappa shape index (κ2) is 7.75. The van der Waals surface area contributed by atoms with Gasteiger partial charge in [0.1, 0.15) is 11.4 Å². The summed E-state index contributed by atoms with van der Waals surface area (Å²) in [5.74, 6) is 0.0248. The van der Waals surface area contributed by atoms with Crippen molar-refractivity contribution in [2.24, 2.45) is 0 Å². The van der Waals surface area contributed by atoms with Crippen molar-refractivity contribution < 1.29 is 14.6 Å². The Bertz CT molecular complexity index is 1020. The lowest BCUT2D eigenvalue weighted by Gasteiger charge is -2.36. The standard InChI is InChI=1S/C26H26O3/c1-3-18-4-6-19(7-5-18)17-26(2)15-14-21-10-13-23(16-24(21)29-26)20-8-11-22(12-9-20)25(27)28/h4-13,16H,3,14-15,17H2,1-2H3,(H,27,28)/t26-/m1/s1. The maximum atomic E-state index is 11.1. The van der Waals surface area contributed by atoms with Crippen LogP contribution >= 0.6 is 0 Å². The van der Waals surface area contributed by atoms with Crippen LogP contribution in [-0.2, 0) is 19.3 Å². The fraction of sp³-hybridized carbons (Fsp3) is 0.269. The van der Waals surface area contributed by atoms with E-state index >= 15 is 0 Å². The van der Waals surface area contributed by atoms with E-state index in [9.17, 15) is 4.79 Å². The van der Waals surface area contributed by atoms with Gasteiger partial charge >= 0.3 is 5.97 Å². The molecule has 3 aromatic rings. The van der Waals surface area contributed by atoms with Crippen LogP contribution in [0, 0.1) is 0 Å². The number of carboxylic acid groups (broad SMARTS) is 1. The van der Waals surface area contributed by atoms with Crippen LogP contribution in [0.3, 0.4) is 0 Å². The number of rotatable bonds is 5.